The molecule has 2 aromatic carbocycles. The van der Waals surface area contributed by atoms with Gasteiger partial charge in [0, 0.05) is 11.1 Å². The van der Waals surface area contributed by atoms with Crippen LogP contribution in [-0.4, -0.2) is 12.9 Å². The van der Waals surface area contributed by atoms with Crippen LogP contribution in [0.1, 0.15) is 22.8 Å². The maximum absolute atomic E-state index is 13.0. The molecule has 0 N–H and O–H groups in total. The summed E-state index contributed by atoms with van der Waals surface area (Å²) in [6.07, 6.45) is 0.730. The molecule has 0 aliphatic rings. The molecule has 0 atom stereocenters. The van der Waals surface area contributed by atoms with Crippen molar-refractivity contribution in [2.24, 2.45) is 0 Å². The minimum Gasteiger partial charge on any atom is -0.490 e. The molecule has 0 unspecified atom stereocenters. The zero-order valence-corrected chi connectivity index (χ0v) is 14.1. The molecule has 0 fully saturated rings. The zero-order chi connectivity index (χ0) is 16.1. The lowest BCUT2D eigenvalue weighted by molar-refractivity contribution is 0.112. The Morgan fingerprint density at radius 3 is 2.68 bits per heavy atom. The Labute approximate surface area is 141 Å². The highest BCUT2D eigenvalue weighted by Gasteiger charge is 2.13. The van der Waals surface area contributed by atoms with Crippen LogP contribution in [0, 0.1) is 5.82 Å². The fourth-order valence-electron chi connectivity index (χ4n) is 1.85. The molecule has 0 aliphatic heterocycles. The Morgan fingerprint density at radius 2 is 2.05 bits per heavy atom. The normalized spacial score (nSPS) is 10.4. The summed E-state index contributed by atoms with van der Waals surface area (Å²) in [5.41, 5.74) is 1.12. The van der Waals surface area contributed by atoms with Crippen LogP contribution in [0.4, 0.5) is 4.39 Å². The van der Waals surface area contributed by atoms with E-state index >= 15 is 0 Å². The molecule has 0 saturated heterocycles. The van der Waals surface area contributed by atoms with Crippen LogP contribution in [0.15, 0.2) is 34.8 Å². The van der Waals surface area contributed by atoms with Crippen LogP contribution < -0.4 is 9.47 Å². The van der Waals surface area contributed by atoms with E-state index in [4.69, 9.17) is 21.1 Å². The first-order valence-corrected chi connectivity index (χ1v) is 7.70. The van der Waals surface area contributed by atoms with Gasteiger partial charge < -0.3 is 9.47 Å². The first-order valence-electron chi connectivity index (χ1n) is 6.53. The monoisotopic (exact) mass is 386 g/mol. The summed E-state index contributed by atoms with van der Waals surface area (Å²) in [6.45, 7) is 2.42. The van der Waals surface area contributed by atoms with Crippen LogP contribution in [0.2, 0.25) is 5.02 Å². The van der Waals surface area contributed by atoms with Crippen molar-refractivity contribution >= 4 is 33.8 Å². The second kappa shape index (κ2) is 7.61. The van der Waals surface area contributed by atoms with E-state index in [-0.39, 0.29) is 6.61 Å². The lowest BCUT2D eigenvalue weighted by atomic mass is 10.2. The van der Waals surface area contributed by atoms with Gasteiger partial charge in [0.1, 0.15) is 18.7 Å². The average molecular weight is 388 g/mol. The van der Waals surface area contributed by atoms with Gasteiger partial charge in [0.15, 0.2) is 11.5 Å². The fraction of sp³-hybridized carbons (Fsp3) is 0.188. The largest absolute Gasteiger partial charge is 0.490 e. The summed E-state index contributed by atoms with van der Waals surface area (Å²) in [5, 5.41) is 0.290. The Kier molecular flexibility index (Phi) is 5.80. The van der Waals surface area contributed by atoms with Gasteiger partial charge in [0.05, 0.1) is 16.1 Å². The number of carbonyl (C=O) groups is 1. The molecular weight excluding hydrogens is 375 g/mol. The average Bonchev–Trinajstić information content (AvgIpc) is 2.48. The number of ether oxygens (including phenoxy) is 2. The van der Waals surface area contributed by atoms with Crippen LogP contribution in [-0.2, 0) is 6.61 Å². The lowest BCUT2D eigenvalue weighted by Crippen LogP contribution is -2.02. The molecule has 2 rings (SSSR count). The molecule has 0 bridgehead atoms. The number of carbonyl (C=O) groups excluding carboxylic acids is 1. The molecule has 0 radical (unpaired) electrons. The Bertz CT molecular complexity index is 691. The van der Waals surface area contributed by atoms with Gasteiger partial charge in [-0.1, -0.05) is 17.7 Å². The van der Waals surface area contributed by atoms with Gasteiger partial charge in [0.2, 0.25) is 0 Å². The van der Waals surface area contributed by atoms with Crippen molar-refractivity contribution in [2.45, 2.75) is 13.5 Å². The van der Waals surface area contributed by atoms with Crippen molar-refractivity contribution in [3.05, 3.63) is 56.8 Å². The third-order valence-electron chi connectivity index (χ3n) is 2.85. The first kappa shape index (κ1) is 16.8. The molecule has 0 aliphatic carbocycles. The molecule has 0 aromatic heterocycles. The topological polar surface area (TPSA) is 35.5 Å². The summed E-state index contributed by atoms with van der Waals surface area (Å²) in [5.74, 6) is 0.519. The number of rotatable bonds is 6. The van der Waals surface area contributed by atoms with Crippen LogP contribution in [0.3, 0.4) is 0 Å². The predicted octanol–water partition coefficient (Wildman–Crippen LogP) is 5.03. The SMILES string of the molecule is CCOc1cc(C=O)cc(Br)c1OCc1ccc(F)cc1Cl. The minimum atomic E-state index is -0.403. The van der Waals surface area contributed by atoms with Crippen molar-refractivity contribution in [3.63, 3.8) is 0 Å². The number of hydrogen-bond donors (Lipinski definition) is 0. The quantitative estimate of drug-likeness (QED) is 0.652. The predicted molar refractivity (Wildman–Crippen MR) is 86.4 cm³/mol. The lowest BCUT2D eigenvalue weighted by Gasteiger charge is -2.15. The summed E-state index contributed by atoms with van der Waals surface area (Å²) in [7, 11) is 0. The molecule has 0 heterocycles. The van der Waals surface area contributed by atoms with E-state index in [9.17, 15) is 9.18 Å². The third kappa shape index (κ3) is 3.99. The van der Waals surface area contributed by atoms with Crippen LogP contribution in [0.5, 0.6) is 11.5 Å². The van der Waals surface area contributed by atoms with E-state index in [1.165, 1.54) is 12.1 Å². The zero-order valence-electron chi connectivity index (χ0n) is 11.7. The number of hydrogen-bond acceptors (Lipinski definition) is 3. The summed E-state index contributed by atoms with van der Waals surface area (Å²) >= 11 is 9.33. The van der Waals surface area contributed by atoms with E-state index < -0.39 is 5.82 Å². The van der Waals surface area contributed by atoms with Gasteiger partial charge >= 0.3 is 0 Å². The van der Waals surface area contributed by atoms with Crippen molar-refractivity contribution in [3.8, 4) is 11.5 Å². The molecule has 0 spiro atoms. The molecular formula is C16H13BrClFO3. The highest BCUT2D eigenvalue weighted by Crippen LogP contribution is 2.37. The highest BCUT2D eigenvalue weighted by molar-refractivity contribution is 9.10. The highest BCUT2D eigenvalue weighted by atomic mass is 79.9. The van der Waals surface area contributed by atoms with Gasteiger partial charge in [-0.05, 0) is 47.1 Å². The van der Waals surface area contributed by atoms with Gasteiger partial charge in [-0.2, -0.15) is 0 Å². The molecule has 6 heteroatoms. The molecule has 3 nitrogen and oxygen atoms in total. The summed E-state index contributed by atoms with van der Waals surface area (Å²) in [6, 6.07) is 7.35. The molecule has 0 amide bonds. The van der Waals surface area contributed by atoms with Crippen molar-refractivity contribution in [1.82, 2.24) is 0 Å². The Hall–Kier alpha value is -1.59. The van der Waals surface area contributed by atoms with E-state index in [0.717, 1.165) is 6.29 Å². The van der Waals surface area contributed by atoms with Gasteiger partial charge in [-0.25, -0.2) is 4.39 Å². The second-order valence-electron chi connectivity index (χ2n) is 4.41. The standard InChI is InChI=1S/C16H13BrClFO3/c1-2-21-15-6-10(8-20)5-13(17)16(15)22-9-11-3-4-12(19)7-14(11)18/h3-8H,2,9H2,1H3. The Morgan fingerprint density at radius 1 is 1.27 bits per heavy atom. The van der Waals surface area contributed by atoms with Crippen molar-refractivity contribution < 1.29 is 18.7 Å². The second-order valence-corrected chi connectivity index (χ2v) is 5.67. The smallest absolute Gasteiger partial charge is 0.175 e. The maximum atomic E-state index is 13.0. The summed E-state index contributed by atoms with van der Waals surface area (Å²) < 4.78 is 24.9. The number of aldehydes is 1. The van der Waals surface area contributed by atoms with E-state index in [1.807, 2.05) is 6.92 Å². The van der Waals surface area contributed by atoms with E-state index in [2.05, 4.69) is 15.9 Å². The maximum Gasteiger partial charge on any atom is 0.175 e. The first-order chi connectivity index (χ1) is 10.5. The van der Waals surface area contributed by atoms with E-state index in [1.54, 1.807) is 18.2 Å². The van der Waals surface area contributed by atoms with Crippen molar-refractivity contribution in [2.75, 3.05) is 6.61 Å². The van der Waals surface area contributed by atoms with Crippen LogP contribution >= 0.6 is 27.5 Å². The minimum absolute atomic E-state index is 0.151. The van der Waals surface area contributed by atoms with Crippen LogP contribution in [0.25, 0.3) is 0 Å². The number of benzene rings is 2. The molecule has 116 valence electrons. The molecule has 22 heavy (non-hydrogen) atoms. The fourth-order valence-corrected chi connectivity index (χ4v) is 2.64. The van der Waals surface area contributed by atoms with Gasteiger partial charge in [-0.15, -0.1) is 0 Å². The third-order valence-corrected chi connectivity index (χ3v) is 3.80. The van der Waals surface area contributed by atoms with Crippen molar-refractivity contribution in [1.29, 1.82) is 0 Å². The van der Waals surface area contributed by atoms with E-state index in [0.29, 0.717) is 38.7 Å². The number of halogens is 3. The summed E-state index contributed by atoms with van der Waals surface area (Å²) in [4.78, 5) is 10.9. The molecule has 2 aromatic rings. The Balaban J connectivity index is 2.26. The van der Waals surface area contributed by atoms with Gasteiger partial charge in [0.25, 0.3) is 0 Å². The molecule has 0 saturated carbocycles. The van der Waals surface area contributed by atoms with Gasteiger partial charge in [-0.3, -0.25) is 4.79 Å².